The van der Waals surface area contributed by atoms with Gasteiger partial charge in [-0.3, -0.25) is 9.69 Å². The smallest absolute Gasteiger partial charge is 0.227 e. The standard InChI is InChI=1S/C18H26N6O2/c1-3-18(25)24(15-7-5-4-6-8-15)16-9-10-22(13-17(16)26-2)11-12-23-20-14-19-21-23/h4-8,14,16-17H,3,9-13H2,1-2H3/t16-,17+/m1/s1. The van der Waals surface area contributed by atoms with Gasteiger partial charge in [-0.2, -0.15) is 4.80 Å². The van der Waals surface area contributed by atoms with Gasteiger partial charge in [0.1, 0.15) is 0 Å². The molecule has 26 heavy (non-hydrogen) atoms. The molecule has 1 aliphatic rings. The molecule has 0 radical (unpaired) electrons. The lowest BCUT2D eigenvalue weighted by molar-refractivity contribution is -0.120. The highest BCUT2D eigenvalue weighted by molar-refractivity contribution is 5.93. The fourth-order valence-electron chi connectivity index (χ4n) is 3.50. The molecule has 0 bridgehead atoms. The molecule has 1 aromatic heterocycles. The van der Waals surface area contributed by atoms with Crippen molar-refractivity contribution in [2.24, 2.45) is 0 Å². The zero-order valence-corrected chi connectivity index (χ0v) is 15.4. The molecule has 2 heterocycles. The van der Waals surface area contributed by atoms with Crippen LogP contribution in [0.5, 0.6) is 0 Å². The first-order chi connectivity index (χ1) is 12.7. The minimum Gasteiger partial charge on any atom is -0.378 e. The van der Waals surface area contributed by atoms with Gasteiger partial charge in [0.05, 0.1) is 18.7 Å². The number of nitrogens with zero attached hydrogens (tertiary/aromatic N) is 6. The highest BCUT2D eigenvalue weighted by atomic mass is 16.5. The number of benzene rings is 1. The molecule has 0 aliphatic carbocycles. The predicted octanol–water partition coefficient (Wildman–Crippen LogP) is 1.21. The highest BCUT2D eigenvalue weighted by Gasteiger charge is 2.36. The summed E-state index contributed by atoms with van der Waals surface area (Å²) in [6.07, 6.45) is 2.74. The van der Waals surface area contributed by atoms with Gasteiger partial charge in [0.15, 0.2) is 6.33 Å². The molecule has 1 amide bonds. The van der Waals surface area contributed by atoms with E-state index in [9.17, 15) is 4.79 Å². The molecule has 2 aromatic rings. The Kier molecular flexibility index (Phi) is 6.30. The van der Waals surface area contributed by atoms with Crippen molar-refractivity contribution in [1.29, 1.82) is 0 Å². The van der Waals surface area contributed by atoms with E-state index in [4.69, 9.17) is 4.74 Å². The molecule has 1 aliphatic heterocycles. The Hall–Kier alpha value is -2.32. The molecule has 2 atom stereocenters. The van der Waals surface area contributed by atoms with E-state index in [0.717, 1.165) is 31.7 Å². The summed E-state index contributed by atoms with van der Waals surface area (Å²) >= 11 is 0. The summed E-state index contributed by atoms with van der Waals surface area (Å²) in [6, 6.07) is 9.91. The summed E-state index contributed by atoms with van der Waals surface area (Å²) in [7, 11) is 1.72. The second-order valence-corrected chi connectivity index (χ2v) is 6.42. The van der Waals surface area contributed by atoms with Gasteiger partial charge in [0.2, 0.25) is 5.91 Å². The monoisotopic (exact) mass is 358 g/mol. The molecular formula is C18H26N6O2. The van der Waals surface area contributed by atoms with Gasteiger partial charge in [-0.25, -0.2) is 0 Å². The van der Waals surface area contributed by atoms with Crippen molar-refractivity contribution >= 4 is 11.6 Å². The molecule has 1 saturated heterocycles. The molecule has 1 aromatic carbocycles. The maximum Gasteiger partial charge on any atom is 0.227 e. The molecular weight excluding hydrogens is 332 g/mol. The van der Waals surface area contributed by atoms with Crippen LogP contribution in [0.2, 0.25) is 0 Å². The Balaban J connectivity index is 1.69. The number of carbonyl (C=O) groups excluding carboxylic acids is 1. The number of amides is 1. The average molecular weight is 358 g/mol. The van der Waals surface area contributed by atoms with E-state index in [1.165, 1.54) is 6.33 Å². The van der Waals surface area contributed by atoms with Crippen molar-refractivity contribution in [2.45, 2.75) is 38.5 Å². The molecule has 3 rings (SSSR count). The Labute approximate surface area is 153 Å². The maximum absolute atomic E-state index is 12.7. The van der Waals surface area contributed by atoms with Crippen molar-refractivity contribution in [2.75, 3.05) is 31.6 Å². The van der Waals surface area contributed by atoms with E-state index < -0.39 is 0 Å². The van der Waals surface area contributed by atoms with Crippen molar-refractivity contribution in [1.82, 2.24) is 25.1 Å². The van der Waals surface area contributed by atoms with Gasteiger partial charge >= 0.3 is 0 Å². The van der Waals surface area contributed by atoms with Crippen LogP contribution in [0.4, 0.5) is 5.69 Å². The Morgan fingerprint density at radius 2 is 2.12 bits per heavy atom. The van der Waals surface area contributed by atoms with Crippen LogP contribution in [0.1, 0.15) is 19.8 Å². The van der Waals surface area contributed by atoms with Gasteiger partial charge in [-0.1, -0.05) is 25.1 Å². The van der Waals surface area contributed by atoms with E-state index in [1.807, 2.05) is 42.2 Å². The number of anilines is 1. The van der Waals surface area contributed by atoms with Crippen LogP contribution in [-0.4, -0.2) is 69.9 Å². The molecule has 0 saturated carbocycles. The largest absolute Gasteiger partial charge is 0.378 e. The summed E-state index contributed by atoms with van der Waals surface area (Å²) in [4.78, 5) is 18.5. The number of tetrazole rings is 1. The SMILES string of the molecule is CCC(=O)N(c1ccccc1)[C@@H]1CCN(CCn2ncnn2)C[C@@H]1OC. The number of rotatable bonds is 7. The predicted molar refractivity (Wildman–Crippen MR) is 97.7 cm³/mol. The van der Waals surface area contributed by atoms with Crippen molar-refractivity contribution in [3.05, 3.63) is 36.7 Å². The van der Waals surface area contributed by atoms with Gasteiger partial charge in [-0.05, 0) is 23.8 Å². The summed E-state index contributed by atoms with van der Waals surface area (Å²) in [5.74, 6) is 0.128. The molecule has 0 N–H and O–H groups in total. The fourth-order valence-corrected chi connectivity index (χ4v) is 3.50. The van der Waals surface area contributed by atoms with Crippen LogP contribution in [0.3, 0.4) is 0 Å². The number of carbonyl (C=O) groups is 1. The van der Waals surface area contributed by atoms with Crippen molar-refractivity contribution in [3.8, 4) is 0 Å². The maximum atomic E-state index is 12.7. The molecule has 0 spiro atoms. The first-order valence-corrected chi connectivity index (χ1v) is 9.06. The minimum absolute atomic E-state index is 0.0376. The number of hydrogen-bond acceptors (Lipinski definition) is 6. The average Bonchev–Trinajstić information content (AvgIpc) is 3.21. The number of aromatic nitrogens is 4. The second-order valence-electron chi connectivity index (χ2n) is 6.42. The molecule has 8 heteroatoms. The Morgan fingerprint density at radius 3 is 2.77 bits per heavy atom. The molecule has 8 nitrogen and oxygen atoms in total. The van der Waals surface area contributed by atoms with E-state index in [2.05, 4.69) is 20.3 Å². The summed E-state index contributed by atoms with van der Waals surface area (Å²) in [5.41, 5.74) is 0.937. The number of piperidine rings is 1. The Bertz CT molecular complexity index is 678. The first kappa shape index (κ1) is 18.5. The number of likely N-dealkylation sites (tertiary alicyclic amines) is 1. The van der Waals surface area contributed by atoms with Crippen LogP contribution in [0, 0.1) is 0 Å². The second kappa shape index (κ2) is 8.86. The fraction of sp³-hybridized carbons (Fsp3) is 0.556. The topological polar surface area (TPSA) is 76.4 Å². The number of ether oxygens (including phenoxy) is 1. The van der Waals surface area contributed by atoms with Crippen LogP contribution < -0.4 is 4.90 Å². The summed E-state index contributed by atoms with van der Waals surface area (Å²) < 4.78 is 5.78. The van der Waals surface area contributed by atoms with E-state index in [0.29, 0.717) is 13.0 Å². The number of methoxy groups -OCH3 is 1. The highest BCUT2D eigenvalue weighted by Crippen LogP contribution is 2.26. The third-order valence-electron chi connectivity index (χ3n) is 4.86. The zero-order chi connectivity index (χ0) is 18.4. The lowest BCUT2D eigenvalue weighted by atomic mass is 9.98. The van der Waals surface area contributed by atoms with Crippen LogP contribution >= 0.6 is 0 Å². The molecule has 140 valence electrons. The third-order valence-corrected chi connectivity index (χ3v) is 4.86. The van der Waals surface area contributed by atoms with Gasteiger partial charge in [0, 0.05) is 38.9 Å². The van der Waals surface area contributed by atoms with Crippen LogP contribution in [0.25, 0.3) is 0 Å². The summed E-state index contributed by atoms with van der Waals surface area (Å²) in [6.45, 7) is 5.10. The lowest BCUT2D eigenvalue weighted by Gasteiger charge is -2.43. The normalized spacial score (nSPS) is 20.8. The van der Waals surface area contributed by atoms with E-state index >= 15 is 0 Å². The minimum atomic E-state index is -0.0387. The summed E-state index contributed by atoms with van der Waals surface area (Å²) in [5, 5.41) is 11.7. The van der Waals surface area contributed by atoms with Crippen molar-refractivity contribution < 1.29 is 9.53 Å². The van der Waals surface area contributed by atoms with Crippen LogP contribution in [0.15, 0.2) is 36.7 Å². The third kappa shape index (κ3) is 4.25. The molecule has 0 unspecified atom stereocenters. The number of para-hydroxylation sites is 1. The molecule has 1 fully saturated rings. The quantitative estimate of drug-likeness (QED) is 0.740. The zero-order valence-electron chi connectivity index (χ0n) is 15.4. The van der Waals surface area contributed by atoms with Gasteiger partial charge < -0.3 is 9.64 Å². The van der Waals surface area contributed by atoms with Gasteiger partial charge in [-0.15, -0.1) is 10.2 Å². The van der Waals surface area contributed by atoms with E-state index in [1.54, 1.807) is 11.9 Å². The lowest BCUT2D eigenvalue weighted by Crippen LogP contribution is -2.57. The Morgan fingerprint density at radius 1 is 1.31 bits per heavy atom. The number of hydrogen-bond donors (Lipinski definition) is 0. The van der Waals surface area contributed by atoms with Crippen LogP contribution in [-0.2, 0) is 16.1 Å². The van der Waals surface area contributed by atoms with Crippen molar-refractivity contribution in [3.63, 3.8) is 0 Å². The van der Waals surface area contributed by atoms with Gasteiger partial charge in [0.25, 0.3) is 0 Å². The van der Waals surface area contributed by atoms with E-state index in [-0.39, 0.29) is 18.1 Å². The first-order valence-electron chi connectivity index (χ1n) is 9.06.